The van der Waals surface area contributed by atoms with Crippen molar-refractivity contribution in [3.05, 3.63) is 35.4 Å². The van der Waals surface area contributed by atoms with E-state index < -0.39 is 29.4 Å². The molecule has 2 heterocycles. The van der Waals surface area contributed by atoms with Crippen molar-refractivity contribution in [3.63, 3.8) is 0 Å². The Morgan fingerprint density at radius 1 is 1.23 bits per heavy atom. The molecule has 138 valence electrons. The first kappa shape index (κ1) is 18.1. The van der Waals surface area contributed by atoms with Gasteiger partial charge < -0.3 is 9.47 Å². The van der Waals surface area contributed by atoms with Gasteiger partial charge in [0.25, 0.3) is 11.8 Å². The fraction of sp³-hybridized carbons (Fsp3) is 0.474. The quantitative estimate of drug-likeness (QED) is 0.588. The van der Waals surface area contributed by atoms with Crippen molar-refractivity contribution in [2.45, 2.75) is 33.3 Å². The highest BCUT2D eigenvalue weighted by molar-refractivity contribution is 6.21. The lowest BCUT2D eigenvalue weighted by Gasteiger charge is -2.23. The van der Waals surface area contributed by atoms with Gasteiger partial charge in [0.15, 0.2) is 0 Å². The number of hydrogen-bond donors (Lipinski definition) is 0. The Labute approximate surface area is 151 Å². The molecule has 2 atom stereocenters. The third-order valence-corrected chi connectivity index (χ3v) is 4.81. The van der Waals surface area contributed by atoms with E-state index in [-0.39, 0.29) is 31.4 Å². The van der Waals surface area contributed by atoms with Gasteiger partial charge in [0.2, 0.25) is 6.10 Å². The Hall–Kier alpha value is -2.70. The zero-order valence-electron chi connectivity index (χ0n) is 15.0. The standard InChI is InChI=1S/C19H21NO6/c1-11(17(23)26-14-18(24)25-10-19(14,2)3)8-9-20-15(21)12-6-4-5-7-13(12)16(20)22/h4-7,11,14H,8-10H2,1-3H3/t11-,14+/m1/s1. The minimum atomic E-state index is -0.934. The maximum atomic E-state index is 12.3. The molecule has 0 aromatic heterocycles. The van der Waals surface area contributed by atoms with Crippen molar-refractivity contribution >= 4 is 23.8 Å². The predicted molar refractivity (Wildman–Crippen MR) is 90.2 cm³/mol. The number of carbonyl (C=O) groups excluding carboxylic acids is 4. The molecule has 0 saturated carbocycles. The molecule has 7 heteroatoms. The van der Waals surface area contributed by atoms with E-state index in [4.69, 9.17) is 9.47 Å². The van der Waals surface area contributed by atoms with Crippen LogP contribution in [0.5, 0.6) is 0 Å². The Morgan fingerprint density at radius 3 is 2.31 bits per heavy atom. The van der Waals surface area contributed by atoms with Crippen molar-refractivity contribution in [2.75, 3.05) is 13.2 Å². The fourth-order valence-corrected chi connectivity index (χ4v) is 3.05. The van der Waals surface area contributed by atoms with E-state index in [0.29, 0.717) is 11.1 Å². The molecule has 0 radical (unpaired) electrons. The van der Waals surface area contributed by atoms with Gasteiger partial charge in [-0.3, -0.25) is 19.3 Å². The lowest BCUT2D eigenvalue weighted by atomic mass is 9.89. The Kier molecular flexibility index (Phi) is 4.56. The summed E-state index contributed by atoms with van der Waals surface area (Å²) >= 11 is 0. The van der Waals surface area contributed by atoms with Crippen LogP contribution in [-0.2, 0) is 19.1 Å². The lowest BCUT2D eigenvalue weighted by molar-refractivity contribution is -0.166. The molecule has 7 nitrogen and oxygen atoms in total. The number of esters is 2. The number of imide groups is 1. The summed E-state index contributed by atoms with van der Waals surface area (Å²) in [4.78, 5) is 49.8. The smallest absolute Gasteiger partial charge is 0.348 e. The monoisotopic (exact) mass is 359 g/mol. The summed E-state index contributed by atoms with van der Waals surface area (Å²) in [7, 11) is 0. The number of ether oxygens (including phenoxy) is 2. The number of nitrogens with zero attached hydrogens (tertiary/aromatic N) is 1. The SMILES string of the molecule is C[C@H](CCN1C(=O)c2ccccc2C1=O)C(=O)O[C@H]1C(=O)OCC1(C)C. The molecule has 0 N–H and O–H groups in total. The van der Waals surface area contributed by atoms with E-state index in [1.807, 2.05) is 0 Å². The topological polar surface area (TPSA) is 90.0 Å². The molecule has 1 fully saturated rings. The van der Waals surface area contributed by atoms with Crippen molar-refractivity contribution < 1.29 is 28.7 Å². The highest BCUT2D eigenvalue weighted by Gasteiger charge is 2.47. The van der Waals surface area contributed by atoms with Crippen molar-refractivity contribution in [2.24, 2.45) is 11.3 Å². The summed E-state index contributed by atoms with van der Waals surface area (Å²) in [6, 6.07) is 6.63. The average molecular weight is 359 g/mol. The molecule has 2 amide bonds. The second kappa shape index (κ2) is 6.55. The molecule has 1 aromatic carbocycles. The molecule has 2 aliphatic heterocycles. The summed E-state index contributed by atoms with van der Waals surface area (Å²) in [5.74, 6) is -2.36. The van der Waals surface area contributed by atoms with Crippen molar-refractivity contribution in [1.82, 2.24) is 4.90 Å². The van der Waals surface area contributed by atoms with Gasteiger partial charge in [0.1, 0.15) is 6.61 Å². The van der Waals surface area contributed by atoms with Gasteiger partial charge in [-0.1, -0.05) is 32.9 Å². The van der Waals surface area contributed by atoms with Crippen LogP contribution in [0.3, 0.4) is 0 Å². The first-order valence-electron chi connectivity index (χ1n) is 8.55. The molecule has 0 spiro atoms. The number of fused-ring (bicyclic) bond motifs is 1. The highest BCUT2D eigenvalue weighted by atomic mass is 16.6. The first-order chi connectivity index (χ1) is 12.2. The molecular weight excluding hydrogens is 338 g/mol. The third-order valence-electron chi connectivity index (χ3n) is 4.81. The maximum absolute atomic E-state index is 12.3. The van der Waals surface area contributed by atoms with E-state index >= 15 is 0 Å². The molecule has 0 unspecified atom stereocenters. The predicted octanol–water partition coefficient (Wildman–Crippen LogP) is 1.80. The molecular formula is C19H21NO6. The summed E-state index contributed by atoms with van der Waals surface area (Å²) in [5, 5.41) is 0. The summed E-state index contributed by atoms with van der Waals surface area (Å²) in [6.45, 7) is 5.54. The van der Waals surface area contributed by atoms with Crippen LogP contribution in [0.2, 0.25) is 0 Å². The molecule has 26 heavy (non-hydrogen) atoms. The lowest BCUT2D eigenvalue weighted by Crippen LogP contribution is -2.37. The number of hydrogen-bond acceptors (Lipinski definition) is 6. The molecule has 1 aromatic rings. The van der Waals surface area contributed by atoms with Crippen LogP contribution in [0.1, 0.15) is 47.9 Å². The second-order valence-corrected chi connectivity index (χ2v) is 7.41. The van der Waals surface area contributed by atoms with Gasteiger partial charge in [-0.25, -0.2) is 4.79 Å². The first-order valence-corrected chi connectivity index (χ1v) is 8.55. The Morgan fingerprint density at radius 2 is 1.81 bits per heavy atom. The maximum Gasteiger partial charge on any atom is 0.348 e. The largest absolute Gasteiger partial charge is 0.462 e. The second-order valence-electron chi connectivity index (χ2n) is 7.41. The summed E-state index contributed by atoms with van der Waals surface area (Å²) in [5.41, 5.74) is 0.181. The Balaban J connectivity index is 1.59. The van der Waals surface area contributed by atoms with Gasteiger partial charge in [-0.15, -0.1) is 0 Å². The van der Waals surface area contributed by atoms with Crippen LogP contribution < -0.4 is 0 Å². The van der Waals surface area contributed by atoms with E-state index in [2.05, 4.69) is 0 Å². The number of benzene rings is 1. The minimum Gasteiger partial charge on any atom is -0.462 e. The fourth-order valence-electron chi connectivity index (χ4n) is 3.05. The van der Waals surface area contributed by atoms with Crippen LogP contribution in [-0.4, -0.2) is 47.9 Å². The summed E-state index contributed by atoms with van der Waals surface area (Å²) < 4.78 is 10.3. The van der Waals surface area contributed by atoms with E-state index in [9.17, 15) is 19.2 Å². The molecule has 0 aliphatic carbocycles. The average Bonchev–Trinajstić information content (AvgIpc) is 3.01. The Bertz CT molecular complexity index is 749. The van der Waals surface area contributed by atoms with Crippen molar-refractivity contribution in [1.29, 1.82) is 0 Å². The van der Waals surface area contributed by atoms with Gasteiger partial charge in [-0.05, 0) is 18.6 Å². The van der Waals surface area contributed by atoms with Crippen LogP contribution in [0.4, 0.5) is 0 Å². The molecule has 1 saturated heterocycles. The van der Waals surface area contributed by atoms with Crippen LogP contribution in [0.15, 0.2) is 24.3 Å². The van der Waals surface area contributed by atoms with Crippen LogP contribution in [0.25, 0.3) is 0 Å². The van der Waals surface area contributed by atoms with Gasteiger partial charge in [-0.2, -0.15) is 0 Å². The molecule has 3 rings (SSSR count). The molecule has 2 aliphatic rings. The van der Waals surface area contributed by atoms with Crippen LogP contribution in [0, 0.1) is 11.3 Å². The highest BCUT2D eigenvalue weighted by Crippen LogP contribution is 2.32. The van der Waals surface area contributed by atoms with E-state index in [0.717, 1.165) is 4.90 Å². The number of rotatable bonds is 5. The zero-order valence-corrected chi connectivity index (χ0v) is 15.0. The molecule has 0 bridgehead atoms. The number of cyclic esters (lactones) is 1. The van der Waals surface area contributed by atoms with Gasteiger partial charge >= 0.3 is 11.9 Å². The van der Waals surface area contributed by atoms with Gasteiger partial charge in [0.05, 0.1) is 17.0 Å². The summed E-state index contributed by atoms with van der Waals surface area (Å²) in [6.07, 6.45) is -0.677. The minimum absolute atomic E-state index is 0.112. The van der Waals surface area contributed by atoms with E-state index in [1.54, 1.807) is 45.0 Å². The normalized spacial score (nSPS) is 22.2. The third kappa shape index (κ3) is 3.09. The number of amides is 2. The zero-order chi connectivity index (χ0) is 19.1. The number of carbonyl (C=O) groups is 4. The van der Waals surface area contributed by atoms with Crippen LogP contribution >= 0.6 is 0 Å². The van der Waals surface area contributed by atoms with E-state index in [1.165, 1.54) is 0 Å². The van der Waals surface area contributed by atoms with Crippen molar-refractivity contribution in [3.8, 4) is 0 Å². The van der Waals surface area contributed by atoms with Gasteiger partial charge in [0, 0.05) is 12.0 Å².